The molecule has 2 N–H and O–H groups in total. The van der Waals surface area contributed by atoms with E-state index in [0.29, 0.717) is 5.92 Å². The Kier molecular flexibility index (Phi) is 3.04. The van der Waals surface area contributed by atoms with Crippen molar-refractivity contribution in [2.24, 2.45) is 22.5 Å². The summed E-state index contributed by atoms with van der Waals surface area (Å²) in [4.78, 5) is 11.1. The van der Waals surface area contributed by atoms with E-state index >= 15 is 0 Å². The van der Waals surface area contributed by atoms with E-state index in [9.17, 15) is 9.18 Å². The van der Waals surface area contributed by atoms with Gasteiger partial charge < -0.3 is 10.5 Å². The molecule has 1 unspecified atom stereocenters. The number of rotatable bonds is 3. The van der Waals surface area contributed by atoms with Crippen LogP contribution in [0.25, 0.3) is 0 Å². The summed E-state index contributed by atoms with van der Waals surface area (Å²) in [7, 11) is 0. The van der Waals surface area contributed by atoms with Crippen molar-refractivity contribution in [3.05, 3.63) is 28.5 Å². The van der Waals surface area contributed by atoms with Gasteiger partial charge in [0.2, 0.25) is 0 Å². The topological polar surface area (TPSA) is 52.3 Å². The highest BCUT2D eigenvalue weighted by Gasteiger charge is 2.70. The van der Waals surface area contributed by atoms with Crippen LogP contribution in [0.4, 0.5) is 4.39 Å². The number of hydrogen-bond acceptors (Lipinski definition) is 2. The van der Waals surface area contributed by atoms with Gasteiger partial charge in [0.15, 0.2) is 0 Å². The lowest BCUT2D eigenvalue weighted by atomic mass is 9.36. The van der Waals surface area contributed by atoms with E-state index in [-0.39, 0.29) is 33.3 Å². The van der Waals surface area contributed by atoms with E-state index in [0.717, 1.165) is 12.5 Å². The summed E-state index contributed by atoms with van der Waals surface area (Å²) in [6, 6.07) is 2.40. The third-order valence-electron chi connectivity index (χ3n) is 5.47. The lowest BCUT2D eigenvalue weighted by Gasteiger charge is -2.71. The van der Waals surface area contributed by atoms with Crippen LogP contribution in [0.1, 0.15) is 44.0 Å². The van der Waals surface area contributed by atoms with Crippen LogP contribution in [-0.2, 0) is 0 Å². The van der Waals surface area contributed by atoms with Crippen LogP contribution in [0.3, 0.4) is 0 Å². The molecular formula is C16H19ClFNO2. The largest absolute Gasteiger partial charge is 0.488 e. The van der Waals surface area contributed by atoms with Crippen LogP contribution >= 0.6 is 11.6 Å². The van der Waals surface area contributed by atoms with Gasteiger partial charge >= 0.3 is 0 Å². The van der Waals surface area contributed by atoms with E-state index in [1.165, 1.54) is 12.5 Å². The van der Waals surface area contributed by atoms with Gasteiger partial charge in [0, 0.05) is 16.9 Å². The van der Waals surface area contributed by atoms with E-state index in [2.05, 4.69) is 20.8 Å². The highest BCUT2D eigenvalue weighted by molar-refractivity contribution is 6.32. The molecule has 0 saturated heterocycles. The van der Waals surface area contributed by atoms with E-state index in [1.54, 1.807) is 0 Å². The quantitative estimate of drug-likeness (QED) is 0.923. The van der Waals surface area contributed by atoms with Crippen molar-refractivity contribution < 1.29 is 13.9 Å². The summed E-state index contributed by atoms with van der Waals surface area (Å²) in [5.41, 5.74) is 5.09. The number of halogens is 2. The Bertz CT molecular complexity index is 619. The van der Waals surface area contributed by atoms with Crippen LogP contribution in [0.5, 0.6) is 5.75 Å². The summed E-state index contributed by atoms with van der Waals surface area (Å²) in [5, 5.41) is 0.215. The maximum absolute atomic E-state index is 13.9. The zero-order valence-electron chi connectivity index (χ0n) is 12.4. The molecular weight excluding hydrogens is 293 g/mol. The Morgan fingerprint density at radius 3 is 2.57 bits per heavy atom. The molecule has 21 heavy (non-hydrogen) atoms. The first-order chi connectivity index (χ1) is 9.68. The average Bonchev–Trinajstić information content (AvgIpc) is 2.35. The van der Waals surface area contributed by atoms with E-state index < -0.39 is 11.7 Å². The summed E-state index contributed by atoms with van der Waals surface area (Å²) in [6.07, 6.45) is 2.33. The first-order valence-corrected chi connectivity index (χ1v) is 7.51. The number of ether oxygens (including phenoxy) is 1. The Hall–Kier alpha value is -1.29. The van der Waals surface area contributed by atoms with Gasteiger partial charge in [-0.15, -0.1) is 0 Å². The molecule has 1 aromatic carbocycles. The number of nitrogens with two attached hydrogens (primary N) is 1. The second kappa shape index (κ2) is 4.35. The molecule has 2 saturated carbocycles. The fourth-order valence-corrected chi connectivity index (χ4v) is 4.65. The van der Waals surface area contributed by atoms with Crippen molar-refractivity contribution in [2.75, 3.05) is 0 Å². The molecule has 114 valence electrons. The molecule has 2 aliphatic carbocycles. The van der Waals surface area contributed by atoms with E-state index in [1.807, 2.05) is 0 Å². The molecule has 3 rings (SSSR count). The predicted octanol–water partition coefficient (Wildman–Crippen LogP) is 3.78. The zero-order valence-corrected chi connectivity index (χ0v) is 13.1. The van der Waals surface area contributed by atoms with Gasteiger partial charge in [-0.1, -0.05) is 32.4 Å². The van der Waals surface area contributed by atoms with Crippen molar-refractivity contribution in [2.45, 2.75) is 39.7 Å². The summed E-state index contributed by atoms with van der Waals surface area (Å²) in [6.45, 7) is 6.55. The molecule has 0 aliphatic heterocycles. The van der Waals surface area contributed by atoms with Gasteiger partial charge in [-0.05, 0) is 24.8 Å². The van der Waals surface area contributed by atoms with Gasteiger partial charge in [-0.3, -0.25) is 4.79 Å². The summed E-state index contributed by atoms with van der Waals surface area (Å²) >= 11 is 6.11. The van der Waals surface area contributed by atoms with Crippen LogP contribution in [0.15, 0.2) is 12.1 Å². The molecule has 3 nitrogen and oxygen atoms in total. The maximum atomic E-state index is 13.9. The second-order valence-corrected chi connectivity index (χ2v) is 7.45. The third-order valence-corrected chi connectivity index (χ3v) is 5.77. The molecule has 2 fully saturated rings. The molecule has 0 radical (unpaired) electrons. The molecule has 2 aliphatic rings. The predicted molar refractivity (Wildman–Crippen MR) is 79.0 cm³/mol. The number of benzene rings is 1. The molecule has 0 heterocycles. The van der Waals surface area contributed by atoms with Gasteiger partial charge in [0.1, 0.15) is 17.7 Å². The summed E-state index contributed by atoms with van der Waals surface area (Å²) < 4.78 is 19.9. The Labute approximate surface area is 128 Å². The lowest BCUT2D eigenvalue weighted by Crippen LogP contribution is -2.72. The molecule has 0 bridgehead atoms. The average molecular weight is 312 g/mol. The van der Waals surface area contributed by atoms with Crippen LogP contribution in [0, 0.1) is 22.6 Å². The van der Waals surface area contributed by atoms with Crippen molar-refractivity contribution in [3.8, 4) is 5.75 Å². The van der Waals surface area contributed by atoms with Crippen LogP contribution in [-0.4, -0.2) is 12.0 Å². The fourth-order valence-electron chi connectivity index (χ4n) is 4.44. The summed E-state index contributed by atoms with van der Waals surface area (Å²) in [5.74, 6) is -0.613. The van der Waals surface area contributed by atoms with E-state index in [4.69, 9.17) is 22.1 Å². The monoisotopic (exact) mass is 311 g/mol. The first kappa shape index (κ1) is 14.6. The van der Waals surface area contributed by atoms with Crippen molar-refractivity contribution in [1.29, 1.82) is 0 Å². The number of carbonyl (C=O) groups excluding carboxylic acids is 1. The van der Waals surface area contributed by atoms with Crippen LogP contribution < -0.4 is 10.5 Å². The SMILES string of the molecule is CC1(C)[C@H]2CCC2(C)[C@H]1Oc1cc(F)c(C(N)=O)cc1Cl. The van der Waals surface area contributed by atoms with Crippen molar-refractivity contribution in [1.82, 2.24) is 0 Å². The molecule has 3 atom stereocenters. The van der Waals surface area contributed by atoms with Crippen molar-refractivity contribution in [3.63, 3.8) is 0 Å². The molecule has 0 aromatic heterocycles. The number of hydrogen-bond donors (Lipinski definition) is 1. The molecule has 1 amide bonds. The zero-order chi connectivity index (χ0) is 15.6. The van der Waals surface area contributed by atoms with Gasteiger partial charge in [0.05, 0.1) is 10.6 Å². The Morgan fingerprint density at radius 2 is 2.10 bits per heavy atom. The van der Waals surface area contributed by atoms with Crippen LogP contribution in [0.2, 0.25) is 5.02 Å². The number of fused-ring (bicyclic) bond motifs is 1. The fraction of sp³-hybridized carbons (Fsp3) is 0.562. The second-order valence-electron chi connectivity index (χ2n) is 7.04. The highest BCUT2D eigenvalue weighted by Crippen LogP contribution is 2.70. The third kappa shape index (κ3) is 1.88. The Balaban J connectivity index is 1.89. The molecule has 1 aromatic rings. The minimum absolute atomic E-state index is 0.0000723. The minimum atomic E-state index is -0.837. The van der Waals surface area contributed by atoms with Gasteiger partial charge in [0.25, 0.3) is 5.91 Å². The van der Waals surface area contributed by atoms with Gasteiger partial charge in [-0.25, -0.2) is 4.39 Å². The molecule has 0 spiro atoms. The lowest BCUT2D eigenvalue weighted by molar-refractivity contribution is -0.264. The molecule has 5 heteroatoms. The number of amides is 1. The van der Waals surface area contributed by atoms with Crippen molar-refractivity contribution >= 4 is 17.5 Å². The number of carbonyl (C=O) groups is 1. The van der Waals surface area contributed by atoms with Gasteiger partial charge in [-0.2, -0.15) is 0 Å². The smallest absolute Gasteiger partial charge is 0.251 e. The Morgan fingerprint density at radius 1 is 1.43 bits per heavy atom. The maximum Gasteiger partial charge on any atom is 0.251 e. The first-order valence-electron chi connectivity index (χ1n) is 7.13. The highest BCUT2D eigenvalue weighted by atomic mass is 35.5. The standard InChI is InChI=1S/C16H19ClFNO2/c1-15(2)12-4-5-16(12,3)14(15)21-11-7-10(18)8(13(19)20)6-9(11)17/h6-7,12,14H,4-5H2,1-3H3,(H2,19,20)/t12-,14+,16?/m1/s1. The minimum Gasteiger partial charge on any atom is -0.488 e. The number of primary amides is 1. The normalized spacial score (nSPS) is 32.6.